The van der Waals surface area contributed by atoms with E-state index in [4.69, 9.17) is 10.8 Å². The Bertz CT molecular complexity index is 334. The first-order valence-electron chi connectivity index (χ1n) is 6.98. The number of carbonyl (C=O) groups excluding carboxylic acids is 2. The Balaban J connectivity index is 4.59. The molecule has 7 heteroatoms. The maximum atomic E-state index is 12.0. The molecular weight excluding hydrogens is 262 g/mol. The number of nitrogens with one attached hydrogen (secondary N) is 1. The van der Waals surface area contributed by atoms with Gasteiger partial charge in [-0.1, -0.05) is 33.1 Å². The zero-order valence-corrected chi connectivity index (χ0v) is 12.2. The number of nitrogens with zero attached hydrogens (tertiary/aromatic N) is 1. The molecule has 0 aromatic rings. The van der Waals surface area contributed by atoms with Gasteiger partial charge in [0.25, 0.3) is 0 Å². The molecule has 20 heavy (non-hydrogen) atoms. The van der Waals surface area contributed by atoms with E-state index < -0.39 is 23.9 Å². The van der Waals surface area contributed by atoms with Crippen molar-refractivity contribution in [3.63, 3.8) is 0 Å². The molecule has 0 aliphatic rings. The first-order chi connectivity index (χ1) is 9.42. The molecule has 3 amide bonds. The molecule has 0 aliphatic carbocycles. The van der Waals surface area contributed by atoms with Gasteiger partial charge >= 0.3 is 12.0 Å². The molecule has 0 aromatic heterocycles. The normalized spacial score (nSPS) is 11.7. The number of unbranched alkanes of at least 4 members (excludes halogenated alkanes) is 2. The molecule has 1 unspecified atom stereocenters. The summed E-state index contributed by atoms with van der Waals surface area (Å²) in [6.07, 6.45) is 3.52. The molecule has 7 nitrogen and oxygen atoms in total. The number of carboxylic acid groups (broad SMARTS) is 1. The predicted molar refractivity (Wildman–Crippen MR) is 75.2 cm³/mol. The number of nitrogens with two attached hydrogens (primary N) is 1. The van der Waals surface area contributed by atoms with Crippen molar-refractivity contribution >= 4 is 17.9 Å². The number of amides is 3. The molecule has 0 heterocycles. The van der Waals surface area contributed by atoms with Crippen molar-refractivity contribution < 1.29 is 19.5 Å². The van der Waals surface area contributed by atoms with Crippen molar-refractivity contribution in [2.45, 2.75) is 52.0 Å². The Hall–Kier alpha value is -1.79. The van der Waals surface area contributed by atoms with Crippen molar-refractivity contribution in [1.82, 2.24) is 10.2 Å². The summed E-state index contributed by atoms with van der Waals surface area (Å²) in [6, 6.07) is -1.49. The van der Waals surface area contributed by atoms with Crippen LogP contribution in [0.2, 0.25) is 0 Å². The van der Waals surface area contributed by atoms with Gasteiger partial charge in [-0.15, -0.1) is 0 Å². The fraction of sp³-hybridized carbons (Fsp3) is 0.769. The van der Waals surface area contributed by atoms with Gasteiger partial charge < -0.3 is 21.1 Å². The Morgan fingerprint density at radius 1 is 1.20 bits per heavy atom. The Kier molecular flexibility index (Phi) is 9.15. The SMILES string of the molecule is CCCCC(NC(=O)N(CCCC)CC(N)=O)C(=O)O. The van der Waals surface area contributed by atoms with Crippen molar-refractivity contribution in [2.75, 3.05) is 13.1 Å². The fourth-order valence-corrected chi connectivity index (χ4v) is 1.70. The molecule has 1 atom stereocenters. The molecular formula is C13H25N3O4. The van der Waals surface area contributed by atoms with Gasteiger partial charge in [-0.2, -0.15) is 0 Å². The number of primary amides is 1. The van der Waals surface area contributed by atoms with Crippen LogP contribution in [0.3, 0.4) is 0 Å². The van der Waals surface area contributed by atoms with Gasteiger partial charge in [0.2, 0.25) is 5.91 Å². The number of hydrogen-bond donors (Lipinski definition) is 3. The van der Waals surface area contributed by atoms with Gasteiger partial charge in [0, 0.05) is 6.54 Å². The molecule has 0 aromatic carbocycles. The zero-order chi connectivity index (χ0) is 15.5. The second kappa shape index (κ2) is 10.1. The van der Waals surface area contributed by atoms with Crippen LogP contribution < -0.4 is 11.1 Å². The standard InChI is InChI=1S/C13H25N3O4/c1-3-5-7-10(12(18)19)15-13(20)16(8-6-4-2)9-11(14)17/h10H,3-9H2,1-2H3,(H2,14,17)(H,15,20)(H,18,19). The molecule has 0 spiro atoms. The van der Waals surface area contributed by atoms with Gasteiger partial charge in [0.15, 0.2) is 0 Å². The van der Waals surface area contributed by atoms with E-state index in [1.165, 1.54) is 4.90 Å². The molecule has 0 saturated carbocycles. The van der Waals surface area contributed by atoms with Gasteiger partial charge in [-0.25, -0.2) is 9.59 Å². The lowest BCUT2D eigenvalue weighted by molar-refractivity contribution is -0.139. The van der Waals surface area contributed by atoms with Gasteiger partial charge in [0.05, 0.1) is 0 Å². The van der Waals surface area contributed by atoms with E-state index in [1.54, 1.807) is 0 Å². The van der Waals surface area contributed by atoms with E-state index in [1.807, 2.05) is 13.8 Å². The quantitative estimate of drug-likeness (QED) is 0.554. The number of hydrogen-bond acceptors (Lipinski definition) is 3. The first-order valence-corrected chi connectivity index (χ1v) is 6.98. The maximum Gasteiger partial charge on any atom is 0.326 e. The minimum absolute atomic E-state index is 0.202. The van der Waals surface area contributed by atoms with Gasteiger partial charge in [0.1, 0.15) is 12.6 Å². The van der Waals surface area contributed by atoms with E-state index >= 15 is 0 Å². The van der Waals surface area contributed by atoms with E-state index in [-0.39, 0.29) is 6.54 Å². The lowest BCUT2D eigenvalue weighted by atomic mass is 10.1. The lowest BCUT2D eigenvalue weighted by Gasteiger charge is -2.24. The van der Waals surface area contributed by atoms with Crippen LogP contribution in [-0.2, 0) is 9.59 Å². The second-order valence-electron chi connectivity index (χ2n) is 4.72. The van der Waals surface area contributed by atoms with Crippen LogP contribution in [0.1, 0.15) is 46.0 Å². The number of aliphatic carboxylic acids is 1. The molecule has 0 bridgehead atoms. The van der Waals surface area contributed by atoms with E-state index in [0.29, 0.717) is 19.4 Å². The number of urea groups is 1. The molecule has 0 rings (SSSR count). The lowest BCUT2D eigenvalue weighted by Crippen LogP contribution is -2.50. The van der Waals surface area contributed by atoms with Crippen LogP contribution in [0, 0.1) is 0 Å². The molecule has 0 aliphatic heterocycles. The summed E-state index contributed by atoms with van der Waals surface area (Å²) in [5.41, 5.74) is 5.10. The highest BCUT2D eigenvalue weighted by Gasteiger charge is 2.23. The number of carboxylic acids is 1. The summed E-state index contributed by atoms with van der Waals surface area (Å²) >= 11 is 0. The summed E-state index contributed by atoms with van der Waals surface area (Å²) in [5, 5.41) is 11.5. The van der Waals surface area contributed by atoms with Crippen LogP contribution in [0.4, 0.5) is 4.79 Å². The highest BCUT2D eigenvalue weighted by atomic mass is 16.4. The Morgan fingerprint density at radius 3 is 2.25 bits per heavy atom. The summed E-state index contributed by atoms with van der Waals surface area (Å²) < 4.78 is 0. The topological polar surface area (TPSA) is 113 Å². The third kappa shape index (κ3) is 7.60. The summed E-state index contributed by atoms with van der Waals surface area (Å²) in [6.45, 7) is 4.08. The second-order valence-corrected chi connectivity index (χ2v) is 4.72. The highest BCUT2D eigenvalue weighted by molar-refractivity contribution is 5.86. The molecule has 116 valence electrons. The van der Waals surface area contributed by atoms with Crippen LogP contribution in [-0.4, -0.2) is 47.0 Å². The van der Waals surface area contributed by atoms with E-state index in [2.05, 4.69) is 5.32 Å². The average molecular weight is 287 g/mol. The largest absolute Gasteiger partial charge is 0.480 e. The first kappa shape index (κ1) is 18.2. The molecule has 0 saturated heterocycles. The summed E-state index contributed by atoms with van der Waals surface area (Å²) in [7, 11) is 0. The number of rotatable bonds is 10. The van der Waals surface area contributed by atoms with Crippen molar-refractivity contribution in [2.24, 2.45) is 5.73 Å². The molecule has 0 fully saturated rings. The van der Waals surface area contributed by atoms with Crippen LogP contribution in [0.25, 0.3) is 0 Å². The summed E-state index contributed by atoms with van der Waals surface area (Å²) in [4.78, 5) is 35.3. The Morgan fingerprint density at radius 2 is 1.80 bits per heavy atom. The predicted octanol–water partition coefficient (Wildman–Crippen LogP) is 0.927. The van der Waals surface area contributed by atoms with Crippen LogP contribution in [0.15, 0.2) is 0 Å². The Labute approximate surface area is 119 Å². The molecule has 0 radical (unpaired) electrons. The fourth-order valence-electron chi connectivity index (χ4n) is 1.70. The van der Waals surface area contributed by atoms with Crippen LogP contribution >= 0.6 is 0 Å². The minimum atomic E-state index is -1.07. The maximum absolute atomic E-state index is 12.0. The monoisotopic (exact) mass is 287 g/mol. The highest BCUT2D eigenvalue weighted by Crippen LogP contribution is 2.03. The minimum Gasteiger partial charge on any atom is -0.480 e. The van der Waals surface area contributed by atoms with Crippen molar-refractivity contribution in [1.29, 1.82) is 0 Å². The number of carbonyl (C=O) groups is 3. The van der Waals surface area contributed by atoms with E-state index in [9.17, 15) is 14.4 Å². The van der Waals surface area contributed by atoms with E-state index in [0.717, 1.165) is 19.3 Å². The third-order valence-corrected chi connectivity index (χ3v) is 2.86. The third-order valence-electron chi connectivity index (χ3n) is 2.86. The van der Waals surface area contributed by atoms with Gasteiger partial charge in [-0.3, -0.25) is 4.79 Å². The van der Waals surface area contributed by atoms with Crippen LogP contribution in [0.5, 0.6) is 0 Å². The zero-order valence-electron chi connectivity index (χ0n) is 12.2. The smallest absolute Gasteiger partial charge is 0.326 e. The average Bonchev–Trinajstić information content (AvgIpc) is 2.38. The van der Waals surface area contributed by atoms with Crippen molar-refractivity contribution in [3.05, 3.63) is 0 Å². The molecule has 4 N–H and O–H groups in total. The van der Waals surface area contributed by atoms with Gasteiger partial charge in [-0.05, 0) is 12.8 Å². The van der Waals surface area contributed by atoms with Crippen molar-refractivity contribution in [3.8, 4) is 0 Å². The summed E-state index contributed by atoms with van der Waals surface area (Å²) in [5.74, 6) is -1.68.